The van der Waals surface area contributed by atoms with E-state index in [-0.39, 0.29) is 12.4 Å². The van der Waals surface area contributed by atoms with Crippen LogP contribution < -0.4 is 15.2 Å². The molecule has 0 saturated heterocycles. The third kappa shape index (κ3) is 3.78. The molecule has 114 valence electrons. The third-order valence-electron chi connectivity index (χ3n) is 3.28. The maximum Gasteiger partial charge on any atom is 0.180 e. The van der Waals surface area contributed by atoms with Gasteiger partial charge in [0.05, 0.1) is 7.11 Å². The van der Waals surface area contributed by atoms with E-state index < -0.39 is 0 Å². The monoisotopic (exact) mass is 327 g/mol. The summed E-state index contributed by atoms with van der Waals surface area (Å²) in [5.41, 5.74) is 6.85. The number of nitrogens with zero attached hydrogens (tertiary/aromatic N) is 2. The number of benzene rings is 1. The molecule has 0 radical (unpaired) electrons. The summed E-state index contributed by atoms with van der Waals surface area (Å²) in [6.45, 7) is 3.27. The molecule has 1 aliphatic rings. The number of aromatic nitrogens is 1. The number of methoxy groups -OCH3 is 1. The number of anilines is 1. The summed E-state index contributed by atoms with van der Waals surface area (Å²) >= 11 is 1.54. The number of nitrogens with two attached hydrogens (primary N) is 1. The van der Waals surface area contributed by atoms with Crippen molar-refractivity contribution in [3.05, 3.63) is 34.8 Å². The molecule has 0 bridgehead atoms. The van der Waals surface area contributed by atoms with Gasteiger partial charge < -0.3 is 15.2 Å². The van der Waals surface area contributed by atoms with Gasteiger partial charge in [0, 0.05) is 42.3 Å². The Morgan fingerprint density at radius 2 is 2.33 bits per heavy atom. The average Bonchev–Trinajstić information content (AvgIpc) is 2.74. The molecule has 7 heteroatoms. The third-order valence-corrected chi connectivity index (χ3v) is 4.10. The lowest BCUT2D eigenvalue weighted by molar-refractivity contribution is 0.221. The van der Waals surface area contributed by atoms with Gasteiger partial charge in [0.25, 0.3) is 0 Å². The van der Waals surface area contributed by atoms with Crippen LogP contribution in [0.25, 0.3) is 0 Å². The molecule has 2 aromatic rings. The van der Waals surface area contributed by atoms with Gasteiger partial charge in [-0.1, -0.05) is 6.07 Å². The van der Waals surface area contributed by atoms with Crippen LogP contribution in [0.3, 0.4) is 0 Å². The Balaban J connectivity index is 0.00000161. The smallest absolute Gasteiger partial charge is 0.180 e. The van der Waals surface area contributed by atoms with Crippen molar-refractivity contribution in [2.75, 3.05) is 26.0 Å². The molecule has 3 rings (SSSR count). The van der Waals surface area contributed by atoms with E-state index in [0.717, 1.165) is 31.1 Å². The number of nitrogen functional groups attached to an aromatic ring is 1. The number of ether oxygens (including phenoxy) is 2. The maximum absolute atomic E-state index is 5.81. The van der Waals surface area contributed by atoms with Crippen LogP contribution in [-0.2, 0) is 13.1 Å². The Bertz CT molecular complexity index is 606. The van der Waals surface area contributed by atoms with Gasteiger partial charge in [-0.05, 0) is 6.07 Å². The normalized spacial score (nSPS) is 14.5. The molecule has 0 unspecified atom stereocenters. The zero-order chi connectivity index (χ0) is 13.9. The minimum absolute atomic E-state index is 0. The molecule has 0 spiro atoms. The minimum Gasteiger partial charge on any atom is -0.497 e. The highest BCUT2D eigenvalue weighted by atomic mass is 35.5. The SMILES string of the molecule is COc1ccc2c(c1)OCCN(Cc1cnc(N)s1)C2.Cl. The van der Waals surface area contributed by atoms with Crippen molar-refractivity contribution < 1.29 is 9.47 Å². The van der Waals surface area contributed by atoms with Gasteiger partial charge >= 0.3 is 0 Å². The van der Waals surface area contributed by atoms with Crippen molar-refractivity contribution in [3.63, 3.8) is 0 Å². The van der Waals surface area contributed by atoms with Crippen molar-refractivity contribution in [2.45, 2.75) is 13.1 Å². The molecule has 0 atom stereocenters. The molecule has 1 aliphatic heterocycles. The van der Waals surface area contributed by atoms with Crippen LogP contribution in [0.5, 0.6) is 11.5 Å². The molecular formula is C14H18ClN3O2S. The largest absolute Gasteiger partial charge is 0.497 e. The van der Waals surface area contributed by atoms with Crippen molar-refractivity contribution in [1.29, 1.82) is 0 Å². The zero-order valence-corrected chi connectivity index (χ0v) is 13.4. The van der Waals surface area contributed by atoms with Crippen molar-refractivity contribution in [1.82, 2.24) is 9.88 Å². The summed E-state index contributed by atoms with van der Waals surface area (Å²) in [6, 6.07) is 5.98. The fourth-order valence-corrected chi connectivity index (χ4v) is 3.01. The summed E-state index contributed by atoms with van der Waals surface area (Å²) in [7, 11) is 1.67. The molecular weight excluding hydrogens is 310 g/mol. The van der Waals surface area contributed by atoms with Crippen LogP contribution in [0.1, 0.15) is 10.4 Å². The maximum atomic E-state index is 5.81. The lowest BCUT2D eigenvalue weighted by Crippen LogP contribution is -2.24. The molecule has 21 heavy (non-hydrogen) atoms. The van der Waals surface area contributed by atoms with Crippen molar-refractivity contribution >= 4 is 28.9 Å². The van der Waals surface area contributed by atoms with Gasteiger partial charge in [0.2, 0.25) is 0 Å². The molecule has 1 aromatic heterocycles. The Morgan fingerprint density at radius 3 is 3.05 bits per heavy atom. The van der Waals surface area contributed by atoms with Crippen LogP contribution in [0.4, 0.5) is 5.13 Å². The Hall–Kier alpha value is -1.50. The first kappa shape index (κ1) is 15.9. The molecule has 0 amide bonds. The van der Waals surface area contributed by atoms with Crippen LogP contribution >= 0.6 is 23.7 Å². The highest BCUT2D eigenvalue weighted by Crippen LogP contribution is 2.28. The second-order valence-corrected chi connectivity index (χ2v) is 5.84. The first-order valence-corrected chi connectivity index (χ1v) is 7.28. The van der Waals surface area contributed by atoms with E-state index in [1.165, 1.54) is 21.8 Å². The number of halogens is 1. The zero-order valence-electron chi connectivity index (χ0n) is 11.7. The van der Waals surface area contributed by atoms with Gasteiger partial charge in [-0.2, -0.15) is 0 Å². The minimum atomic E-state index is 0. The van der Waals surface area contributed by atoms with E-state index in [1.807, 2.05) is 18.3 Å². The first-order chi connectivity index (χ1) is 9.74. The van der Waals surface area contributed by atoms with E-state index in [1.54, 1.807) is 7.11 Å². The molecule has 0 fully saturated rings. The van der Waals surface area contributed by atoms with Gasteiger partial charge in [0.15, 0.2) is 5.13 Å². The first-order valence-electron chi connectivity index (χ1n) is 6.47. The summed E-state index contributed by atoms with van der Waals surface area (Å²) in [5.74, 6) is 1.74. The Morgan fingerprint density at radius 1 is 1.48 bits per heavy atom. The Labute approximate surface area is 134 Å². The molecule has 1 aromatic carbocycles. The van der Waals surface area contributed by atoms with E-state index in [4.69, 9.17) is 15.2 Å². The topological polar surface area (TPSA) is 60.6 Å². The summed E-state index contributed by atoms with van der Waals surface area (Å²) < 4.78 is 11.0. The second-order valence-electron chi connectivity index (χ2n) is 4.70. The van der Waals surface area contributed by atoms with Crippen molar-refractivity contribution in [3.8, 4) is 11.5 Å². The molecule has 2 N–H and O–H groups in total. The van der Waals surface area contributed by atoms with Gasteiger partial charge in [-0.15, -0.1) is 23.7 Å². The Kier molecular flexibility index (Phi) is 5.27. The number of thiazole rings is 1. The van der Waals surface area contributed by atoms with E-state index in [2.05, 4.69) is 16.0 Å². The lowest BCUT2D eigenvalue weighted by atomic mass is 10.2. The van der Waals surface area contributed by atoms with E-state index in [9.17, 15) is 0 Å². The van der Waals surface area contributed by atoms with Gasteiger partial charge in [-0.25, -0.2) is 4.98 Å². The number of hydrogen-bond donors (Lipinski definition) is 1. The van der Waals surface area contributed by atoms with Crippen LogP contribution in [-0.4, -0.2) is 30.1 Å². The van der Waals surface area contributed by atoms with Gasteiger partial charge in [-0.3, -0.25) is 4.90 Å². The lowest BCUT2D eigenvalue weighted by Gasteiger charge is -2.17. The molecule has 5 nitrogen and oxygen atoms in total. The number of fused-ring (bicyclic) bond motifs is 1. The molecule has 0 saturated carbocycles. The second kappa shape index (κ2) is 6.98. The van der Waals surface area contributed by atoms with Crippen LogP contribution in [0.2, 0.25) is 0 Å². The quantitative estimate of drug-likeness (QED) is 0.938. The molecule has 0 aliphatic carbocycles. The fourth-order valence-electron chi connectivity index (χ4n) is 2.28. The predicted octanol–water partition coefficient (Wildman–Crippen LogP) is 2.55. The summed E-state index contributed by atoms with van der Waals surface area (Å²) in [4.78, 5) is 7.61. The predicted molar refractivity (Wildman–Crippen MR) is 86.4 cm³/mol. The van der Waals surface area contributed by atoms with Crippen molar-refractivity contribution in [2.24, 2.45) is 0 Å². The number of rotatable bonds is 3. The summed E-state index contributed by atoms with van der Waals surface area (Å²) in [5, 5.41) is 0.621. The molecule has 2 heterocycles. The highest BCUT2D eigenvalue weighted by molar-refractivity contribution is 7.15. The highest BCUT2D eigenvalue weighted by Gasteiger charge is 2.17. The van der Waals surface area contributed by atoms with Crippen LogP contribution in [0.15, 0.2) is 24.4 Å². The van der Waals surface area contributed by atoms with Crippen LogP contribution in [0, 0.1) is 0 Å². The number of hydrogen-bond acceptors (Lipinski definition) is 6. The average molecular weight is 328 g/mol. The van der Waals surface area contributed by atoms with E-state index >= 15 is 0 Å². The van der Waals surface area contributed by atoms with E-state index in [0.29, 0.717) is 11.7 Å². The van der Waals surface area contributed by atoms with Gasteiger partial charge in [0.1, 0.15) is 18.1 Å². The standard InChI is InChI=1S/C14H17N3O2S.ClH/c1-18-11-3-2-10-8-17(4-5-19-13(10)6-11)9-12-7-16-14(15)20-12;/h2-3,6-7H,4-5,8-9H2,1H3,(H2,15,16);1H. The summed E-state index contributed by atoms with van der Waals surface area (Å²) in [6.07, 6.45) is 1.85. The fraction of sp³-hybridized carbons (Fsp3) is 0.357.